The Balaban J connectivity index is 1.29. The van der Waals surface area contributed by atoms with Crippen LogP contribution in [0.3, 0.4) is 0 Å². The number of phenols is 1. The highest BCUT2D eigenvalue weighted by Crippen LogP contribution is 2.38. The summed E-state index contributed by atoms with van der Waals surface area (Å²) in [6, 6.07) is 20.5. The van der Waals surface area contributed by atoms with Gasteiger partial charge in [0, 0.05) is 12.1 Å². The summed E-state index contributed by atoms with van der Waals surface area (Å²) in [6.45, 7) is 0.283. The maximum Gasteiger partial charge on any atom is 0.434 e. The maximum atomic E-state index is 14.0. The summed E-state index contributed by atoms with van der Waals surface area (Å²) >= 11 is 0. The van der Waals surface area contributed by atoms with E-state index >= 15 is 0 Å². The summed E-state index contributed by atoms with van der Waals surface area (Å²) in [6.07, 6.45) is -4.66. The average molecular weight is 550 g/mol. The fourth-order valence-corrected chi connectivity index (χ4v) is 4.05. The quantitative estimate of drug-likeness (QED) is 0.256. The number of para-hydroxylation sites is 1. The number of hydrogen-bond acceptors (Lipinski definition) is 7. The smallest absolute Gasteiger partial charge is 0.434 e. The molecule has 2 aromatic heterocycles. The SMILES string of the molecule is O=C(NCCc1ccc(O)cc1)[C@@H](O)c1ccc(-c2noc(-c3cnn(-c4ccccc4)c3C(F)(F)F)n2)cc1. The second-order valence-corrected chi connectivity index (χ2v) is 8.81. The van der Waals surface area contributed by atoms with Crippen molar-refractivity contribution in [3.8, 4) is 34.3 Å². The van der Waals surface area contributed by atoms with Crippen molar-refractivity contribution in [2.45, 2.75) is 18.7 Å². The first-order valence-electron chi connectivity index (χ1n) is 12.1. The second kappa shape index (κ2) is 11.0. The van der Waals surface area contributed by atoms with Gasteiger partial charge in [0.15, 0.2) is 11.8 Å². The number of nitrogens with one attached hydrogen (secondary N) is 1. The van der Waals surface area contributed by atoms with Gasteiger partial charge in [-0.3, -0.25) is 4.79 Å². The molecule has 9 nitrogen and oxygen atoms in total. The van der Waals surface area contributed by atoms with Gasteiger partial charge in [0.25, 0.3) is 11.8 Å². The van der Waals surface area contributed by atoms with Crippen LogP contribution >= 0.6 is 0 Å². The van der Waals surface area contributed by atoms with Crippen molar-refractivity contribution < 1.29 is 32.7 Å². The molecule has 1 atom stereocenters. The third kappa shape index (κ3) is 5.71. The van der Waals surface area contributed by atoms with Crippen LogP contribution in [-0.4, -0.2) is 42.6 Å². The Morgan fingerprint density at radius 2 is 1.70 bits per heavy atom. The molecule has 0 saturated carbocycles. The van der Waals surface area contributed by atoms with Crippen molar-refractivity contribution in [2.75, 3.05) is 6.54 Å². The topological polar surface area (TPSA) is 126 Å². The van der Waals surface area contributed by atoms with Crippen LogP contribution < -0.4 is 5.32 Å². The van der Waals surface area contributed by atoms with Crippen molar-refractivity contribution in [1.82, 2.24) is 25.2 Å². The Hall–Kier alpha value is -4.97. The summed E-state index contributed by atoms with van der Waals surface area (Å²) < 4.78 is 47.9. The van der Waals surface area contributed by atoms with Crippen molar-refractivity contribution in [3.05, 3.63) is 102 Å². The minimum Gasteiger partial charge on any atom is -0.508 e. The molecule has 0 radical (unpaired) electrons. The molecule has 3 N–H and O–H groups in total. The molecule has 0 fully saturated rings. The first kappa shape index (κ1) is 26.6. The predicted octanol–water partition coefficient (Wildman–Crippen LogP) is 4.71. The number of rotatable bonds is 8. The Kier molecular flexibility index (Phi) is 7.34. The molecule has 0 unspecified atom stereocenters. The van der Waals surface area contributed by atoms with E-state index in [0.29, 0.717) is 17.5 Å². The molecule has 12 heteroatoms. The van der Waals surface area contributed by atoms with Gasteiger partial charge >= 0.3 is 6.18 Å². The highest BCUT2D eigenvalue weighted by Gasteiger charge is 2.40. The van der Waals surface area contributed by atoms with Crippen LogP contribution in [0.25, 0.3) is 28.5 Å². The summed E-state index contributed by atoms with van der Waals surface area (Å²) in [7, 11) is 0. The van der Waals surface area contributed by atoms with Gasteiger partial charge in [-0.1, -0.05) is 59.8 Å². The van der Waals surface area contributed by atoms with Gasteiger partial charge in [-0.2, -0.15) is 23.3 Å². The maximum absolute atomic E-state index is 14.0. The van der Waals surface area contributed by atoms with Gasteiger partial charge in [0.2, 0.25) is 5.82 Å². The number of nitrogens with zero attached hydrogens (tertiary/aromatic N) is 4. The van der Waals surface area contributed by atoms with Gasteiger partial charge < -0.3 is 20.1 Å². The van der Waals surface area contributed by atoms with Crippen LogP contribution in [0.1, 0.15) is 22.9 Å². The third-order valence-corrected chi connectivity index (χ3v) is 6.08. The summed E-state index contributed by atoms with van der Waals surface area (Å²) in [5.41, 5.74) is 0.418. The van der Waals surface area contributed by atoms with Crippen LogP contribution in [0.5, 0.6) is 5.75 Å². The van der Waals surface area contributed by atoms with E-state index in [2.05, 4.69) is 20.6 Å². The van der Waals surface area contributed by atoms with Crippen molar-refractivity contribution >= 4 is 5.91 Å². The molecule has 5 aromatic rings. The zero-order chi connectivity index (χ0) is 28.3. The van der Waals surface area contributed by atoms with Gasteiger partial charge in [0.05, 0.1) is 17.4 Å². The number of halogens is 3. The van der Waals surface area contributed by atoms with Crippen LogP contribution in [0.4, 0.5) is 13.2 Å². The number of carbonyl (C=O) groups is 1. The number of phenolic OH excluding ortho intramolecular Hbond substituents is 1. The molecule has 0 spiro atoms. The predicted molar refractivity (Wildman–Crippen MR) is 137 cm³/mol. The number of alkyl halides is 3. The monoisotopic (exact) mass is 549 g/mol. The summed E-state index contributed by atoms with van der Waals surface area (Å²) in [5, 5.41) is 30.1. The van der Waals surface area contributed by atoms with Crippen molar-refractivity contribution in [2.24, 2.45) is 0 Å². The number of benzene rings is 3. The molecule has 3 aromatic carbocycles. The second-order valence-electron chi connectivity index (χ2n) is 8.81. The lowest BCUT2D eigenvalue weighted by Gasteiger charge is -2.12. The Bertz CT molecular complexity index is 1600. The van der Waals surface area contributed by atoms with Crippen LogP contribution in [0.15, 0.2) is 89.6 Å². The minimum atomic E-state index is -4.75. The zero-order valence-electron chi connectivity index (χ0n) is 20.7. The van der Waals surface area contributed by atoms with E-state index in [-0.39, 0.29) is 35.3 Å². The van der Waals surface area contributed by atoms with Crippen molar-refractivity contribution in [1.29, 1.82) is 0 Å². The van der Waals surface area contributed by atoms with E-state index in [9.17, 15) is 28.2 Å². The van der Waals surface area contributed by atoms with E-state index in [0.717, 1.165) is 16.4 Å². The van der Waals surface area contributed by atoms with Gasteiger partial charge in [-0.15, -0.1) is 0 Å². The highest BCUT2D eigenvalue weighted by molar-refractivity contribution is 5.82. The number of aromatic nitrogens is 4. The Morgan fingerprint density at radius 3 is 2.38 bits per heavy atom. The molecule has 0 bridgehead atoms. The van der Waals surface area contributed by atoms with Gasteiger partial charge in [-0.05, 0) is 41.8 Å². The van der Waals surface area contributed by atoms with E-state index < -0.39 is 23.9 Å². The minimum absolute atomic E-state index is 0.0231. The van der Waals surface area contributed by atoms with Gasteiger partial charge in [0.1, 0.15) is 5.75 Å². The average Bonchev–Trinajstić information content (AvgIpc) is 3.62. The van der Waals surface area contributed by atoms with Crippen molar-refractivity contribution in [3.63, 3.8) is 0 Å². The van der Waals surface area contributed by atoms with Crippen LogP contribution in [0, 0.1) is 0 Å². The zero-order valence-corrected chi connectivity index (χ0v) is 20.7. The summed E-state index contributed by atoms with van der Waals surface area (Å²) in [4.78, 5) is 16.5. The number of hydrogen-bond donors (Lipinski definition) is 3. The molecular formula is C28H22F3N5O4. The third-order valence-electron chi connectivity index (χ3n) is 6.08. The molecule has 1 amide bonds. The fourth-order valence-electron chi connectivity index (χ4n) is 4.05. The normalized spacial score (nSPS) is 12.3. The molecule has 2 heterocycles. The number of aliphatic hydroxyl groups excluding tert-OH is 1. The number of aromatic hydroxyl groups is 1. The Labute approximate surface area is 225 Å². The fraction of sp³-hybridized carbons (Fsp3) is 0.143. The van der Waals surface area contributed by atoms with Crippen LogP contribution in [-0.2, 0) is 17.4 Å². The summed E-state index contributed by atoms with van der Waals surface area (Å²) in [5.74, 6) is -0.783. The lowest BCUT2D eigenvalue weighted by Crippen LogP contribution is -2.30. The standard InChI is InChI=1S/C28H22F3N5O4/c29-28(30,31)24-22(16-33-36(24)20-4-2-1-3-5-20)27-34-25(35-40-27)19-10-8-18(9-11-19)23(38)26(39)32-15-14-17-6-12-21(37)13-7-17/h1-13,16,23,37-38H,14-15H2,(H,32,39)/t23-/m0/s1. The molecule has 5 rings (SSSR count). The molecule has 40 heavy (non-hydrogen) atoms. The number of aliphatic hydroxyl groups is 1. The van der Waals surface area contributed by atoms with E-state index in [1.165, 1.54) is 36.4 Å². The molecule has 0 aliphatic rings. The lowest BCUT2D eigenvalue weighted by atomic mass is 10.1. The van der Waals surface area contributed by atoms with E-state index in [1.54, 1.807) is 42.5 Å². The highest BCUT2D eigenvalue weighted by atomic mass is 19.4. The molecule has 204 valence electrons. The number of carbonyl (C=O) groups excluding carboxylic acids is 1. The number of amides is 1. The molecule has 0 aliphatic carbocycles. The van der Waals surface area contributed by atoms with E-state index in [4.69, 9.17) is 4.52 Å². The van der Waals surface area contributed by atoms with Crippen LogP contribution in [0.2, 0.25) is 0 Å². The first-order chi connectivity index (χ1) is 19.2. The molecule has 0 aliphatic heterocycles. The molecule has 0 saturated heterocycles. The Morgan fingerprint density at radius 1 is 1.00 bits per heavy atom. The largest absolute Gasteiger partial charge is 0.508 e. The first-order valence-corrected chi connectivity index (χ1v) is 12.1. The molecular weight excluding hydrogens is 527 g/mol. The van der Waals surface area contributed by atoms with E-state index in [1.807, 2.05) is 0 Å². The lowest BCUT2D eigenvalue weighted by molar-refractivity contribution is -0.142. The van der Waals surface area contributed by atoms with Gasteiger partial charge in [-0.25, -0.2) is 4.68 Å².